The third kappa shape index (κ3) is 6.49. The van der Waals surface area contributed by atoms with E-state index in [1.165, 1.54) is 16.7 Å². The Morgan fingerprint density at radius 1 is 0.800 bits per heavy atom. The van der Waals surface area contributed by atoms with Crippen molar-refractivity contribution in [2.75, 3.05) is 37.6 Å². The summed E-state index contributed by atoms with van der Waals surface area (Å²) in [5, 5.41) is 1.13. The molecule has 40 heavy (non-hydrogen) atoms. The van der Waals surface area contributed by atoms with Crippen molar-refractivity contribution < 1.29 is 4.79 Å². The Balaban J connectivity index is 1.03. The van der Waals surface area contributed by atoms with E-state index in [9.17, 15) is 4.79 Å². The number of carbonyl (C=O) groups excluding carboxylic acids is 1. The standard InChI is InChI=1S/C32H32ClN5OS/c33-29-20-30(37-18-16-36(17-19-37)21-24-6-2-1-3-7-24)35-32(34-29)40-23-25-10-12-27(13-11-25)31(39)38-15-14-26-8-4-5-9-28(26)22-38/h1-13,20H,14-19,21-23H2. The van der Waals surface area contributed by atoms with Gasteiger partial charge in [0, 0.05) is 63.2 Å². The Bertz CT molecular complexity index is 1460. The molecule has 6 rings (SSSR count). The highest BCUT2D eigenvalue weighted by Crippen LogP contribution is 2.26. The van der Waals surface area contributed by atoms with Crippen LogP contribution in [-0.4, -0.2) is 58.4 Å². The van der Waals surface area contributed by atoms with E-state index in [0.29, 0.717) is 22.6 Å². The minimum atomic E-state index is 0.0837. The van der Waals surface area contributed by atoms with Gasteiger partial charge in [-0.05, 0) is 40.8 Å². The molecule has 1 amide bonds. The molecule has 4 aromatic rings. The van der Waals surface area contributed by atoms with E-state index >= 15 is 0 Å². The first-order chi connectivity index (χ1) is 19.6. The molecule has 0 atom stereocenters. The third-order valence-corrected chi connectivity index (χ3v) is 8.70. The first-order valence-corrected chi connectivity index (χ1v) is 15.1. The number of fused-ring (bicyclic) bond motifs is 1. The molecule has 1 saturated heterocycles. The summed E-state index contributed by atoms with van der Waals surface area (Å²) in [5.41, 5.74) is 5.76. The molecule has 0 N–H and O–H groups in total. The summed E-state index contributed by atoms with van der Waals surface area (Å²) in [5.74, 6) is 1.67. The zero-order valence-corrected chi connectivity index (χ0v) is 23.9. The van der Waals surface area contributed by atoms with Crippen LogP contribution in [0.1, 0.15) is 32.6 Å². The van der Waals surface area contributed by atoms with Crippen LogP contribution in [0.25, 0.3) is 0 Å². The van der Waals surface area contributed by atoms with E-state index in [4.69, 9.17) is 16.6 Å². The maximum absolute atomic E-state index is 13.1. The van der Waals surface area contributed by atoms with Crippen LogP contribution < -0.4 is 4.90 Å². The van der Waals surface area contributed by atoms with E-state index in [2.05, 4.69) is 63.3 Å². The lowest BCUT2D eigenvalue weighted by molar-refractivity contribution is 0.0734. The monoisotopic (exact) mass is 569 g/mol. The molecule has 3 heterocycles. The van der Waals surface area contributed by atoms with Crippen molar-refractivity contribution in [3.05, 3.63) is 118 Å². The fourth-order valence-corrected chi connectivity index (χ4v) is 6.37. The van der Waals surface area contributed by atoms with Crippen molar-refractivity contribution in [2.24, 2.45) is 0 Å². The summed E-state index contributed by atoms with van der Waals surface area (Å²) in [6.45, 7) is 6.16. The maximum Gasteiger partial charge on any atom is 0.254 e. The SMILES string of the molecule is O=C(c1ccc(CSc2nc(Cl)cc(N3CCN(Cc4ccccc4)CC3)n2)cc1)N1CCc2ccccc2C1. The lowest BCUT2D eigenvalue weighted by Gasteiger charge is -2.35. The topological polar surface area (TPSA) is 52.6 Å². The first kappa shape index (κ1) is 26.8. The minimum absolute atomic E-state index is 0.0837. The van der Waals surface area contributed by atoms with Gasteiger partial charge >= 0.3 is 0 Å². The number of nitrogens with zero attached hydrogens (tertiary/aromatic N) is 5. The maximum atomic E-state index is 13.1. The second kappa shape index (κ2) is 12.4. The average molecular weight is 570 g/mol. The predicted molar refractivity (Wildman–Crippen MR) is 162 cm³/mol. The molecule has 0 aliphatic carbocycles. The van der Waals surface area contributed by atoms with Crippen molar-refractivity contribution in [2.45, 2.75) is 30.4 Å². The van der Waals surface area contributed by atoms with Crippen molar-refractivity contribution >= 4 is 35.1 Å². The van der Waals surface area contributed by atoms with Gasteiger partial charge in [0.2, 0.25) is 0 Å². The van der Waals surface area contributed by atoms with Crippen LogP contribution in [0.3, 0.4) is 0 Å². The number of thioether (sulfide) groups is 1. The van der Waals surface area contributed by atoms with Crippen LogP contribution >= 0.6 is 23.4 Å². The van der Waals surface area contributed by atoms with Gasteiger partial charge in [-0.3, -0.25) is 9.69 Å². The third-order valence-electron chi connectivity index (χ3n) is 7.59. The number of carbonyl (C=O) groups is 1. The molecule has 0 unspecified atom stereocenters. The van der Waals surface area contributed by atoms with E-state index in [0.717, 1.165) is 62.6 Å². The van der Waals surface area contributed by atoms with Gasteiger partial charge < -0.3 is 9.80 Å². The Kier molecular flexibility index (Phi) is 8.32. The van der Waals surface area contributed by atoms with Crippen LogP contribution in [0.2, 0.25) is 5.15 Å². The Hall–Kier alpha value is -3.39. The molecular weight excluding hydrogens is 538 g/mol. The number of anilines is 1. The van der Waals surface area contributed by atoms with E-state index in [1.807, 2.05) is 41.3 Å². The van der Waals surface area contributed by atoms with Crippen molar-refractivity contribution in [3.8, 4) is 0 Å². The molecule has 2 aliphatic rings. The summed E-state index contributed by atoms with van der Waals surface area (Å²) in [4.78, 5) is 29.1. The highest BCUT2D eigenvalue weighted by Gasteiger charge is 2.22. The van der Waals surface area contributed by atoms with Crippen molar-refractivity contribution in [3.63, 3.8) is 0 Å². The number of piperazine rings is 1. The quantitative estimate of drug-likeness (QED) is 0.156. The molecule has 0 radical (unpaired) electrons. The molecule has 2 aliphatic heterocycles. The van der Waals surface area contributed by atoms with E-state index in [1.54, 1.807) is 11.8 Å². The molecule has 3 aromatic carbocycles. The van der Waals surface area contributed by atoms with Gasteiger partial charge in [-0.1, -0.05) is 90.1 Å². The summed E-state index contributed by atoms with van der Waals surface area (Å²) in [6.07, 6.45) is 0.904. The normalized spacial score (nSPS) is 15.6. The van der Waals surface area contributed by atoms with Gasteiger partial charge in [-0.15, -0.1) is 0 Å². The van der Waals surface area contributed by atoms with Crippen LogP contribution in [0.15, 0.2) is 90.1 Å². The fraction of sp³-hybridized carbons (Fsp3) is 0.281. The van der Waals surface area contributed by atoms with Gasteiger partial charge in [0.1, 0.15) is 11.0 Å². The summed E-state index contributed by atoms with van der Waals surface area (Å²) in [7, 11) is 0. The molecule has 1 fully saturated rings. The lowest BCUT2D eigenvalue weighted by Crippen LogP contribution is -2.46. The Labute approximate surface area is 245 Å². The van der Waals surface area contributed by atoms with Crippen LogP contribution in [-0.2, 0) is 25.3 Å². The molecular formula is C32H32ClN5OS. The lowest BCUT2D eigenvalue weighted by atomic mass is 9.99. The smallest absolute Gasteiger partial charge is 0.254 e. The fourth-order valence-electron chi connectivity index (χ4n) is 5.33. The second-order valence-electron chi connectivity index (χ2n) is 10.3. The number of aromatic nitrogens is 2. The second-order valence-corrected chi connectivity index (χ2v) is 11.6. The highest BCUT2D eigenvalue weighted by molar-refractivity contribution is 7.98. The number of amides is 1. The zero-order valence-electron chi connectivity index (χ0n) is 22.4. The largest absolute Gasteiger partial charge is 0.354 e. The number of halogens is 1. The van der Waals surface area contributed by atoms with Crippen LogP contribution in [0.5, 0.6) is 0 Å². The van der Waals surface area contributed by atoms with Gasteiger partial charge in [-0.25, -0.2) is 9.97 Å². The molecule has 0 spiro atoms. The molecule has 8 heteroatoms. The molecule has 204 valence electrons. The Morgan fingerprint density at radius 2 is 1.52 bits per heavy atom. The predicted octanol–water partition coefficient (Wildman–Crippen LogP) is 5.94. The molecule has 0 bridgehead atoms. The highest BCUT2D eigenvalue weighted by atomic mass is 35.5. The Morgan fingerprint density at radius 3 is 2.30 bits per heavy atom. The van der Waals surface area contributed by atoms with Gasteiger partial charge in [-0.2, -0.15) is 0 Å². The number of hydrogen-bond acceptors (Lipinski definition) is 6. The minimum Gasteiger partial charge on any atom is -0.354 e. The summed E-state index contributed by atoms with van der Waals surface area (Å²) < 4.78 is 0. The summed E-state index contributed by atoms with van der Waals surface area (Å²) in [6, 6.07) is 28.7. The van der Waals surface area contributed by atoms with Crippen LogP contribution in [0.4, 0.5) is 5.82 Å². The first-order valence-electron chi connectivity index (χ1n) is 13.7. The zero-order chi connectivity index (χ0) is 27.3. The van der Waals surface area contributed by atoms with Crippen molar-refractivity contribution in [1.82, 2.24) is 19.8 Å². The number of benzene rings is 3. The van der Waals surface area contributed by atoms with Gasteiger partial charge in [0.05, 0.1) is 0 Å². The summed E-state index contributed by atoms with van der Waals surface area (Å²) >= 11 is 7.97. The molecule has 6 nitrogen and oxygen atoms in total. The average Bonchev–Trinajstić information content (AvgIpc) is 3.00. The van der Waals surface area contributed by atoms with Gasteiger partial charge in [0.25, 0.3) is 5.91 Å². The van der Waals surface area contributed by atoms with E-state index in [-0.39, 0.29) is 5.91 Å². The van der Waals surface area contributed by atoms with Crippen molar-refractivity contribution in [1.29, 1.82) is 0 Å². The van der Waals surface area contributed by atoms with Crippen LogP contribution in [0, 0.1) is 0 Å². The van der Waals surface area contributed by atoms with E-state index < -0.39 is 0 Å². The molecule has 1 aromatic heterocycles. The molecule has 0 saturated carbocycles. The number of rotatable bonds is 7. The number of hydrogen-bond donors (Lipinski definition) is 0. The van der Waals surface area contributed by atoms with Gasteiger partial charge in [0.15, 0.2) is 5.16 Å².